The van der Waals surface area contributed by atoms with Crippen LogP contribution in [-0.4, -0.2) is 61.6 Å². The van der Waals surface area contributed by atoms with Gasteiger partial charge in [0.2, 0.25) is 0 Å². The van der Waals surface area contributed by atoms with Gasteiger partial charge < -0.3 is 19.1 Å². The van der Waals surface area contributed by atoms with Gasteiger partial charge in [-0.3, -0.25) is 4.90 Å². The zero-order valence-corrected chi connectivity index (χ0v) is 26.9. The van der Waals surface area contributed by atoms with Gasteiger partial charge in [0.05, 0.1) is 37.6 Å². The number of ether oxygens (including phenoxy) is 3. The van der Waals surface area contributed by atoms with Gasteiger partial charge in [-0.2, -0.15) is 13.2 Å². The average molecular weight is 663 g/mol. The van der Waals surface area contributed by atoms with Crippen LogP contribution in [0.4, 0.5) is 23.2 Å². The first kappa shape index (κ1) is 34.1. The number of hydrogen-bond donors (Lipinski definition) is 0. The van der Waals surface area contributed by atoms with Crippen LogP contribution in [0, 0.1) is 0 Å². The van der Waals surface area contributed by atoms with E-state index in [0.29, 0.717) is 32.9 Å². The van der Waals surface area contributed by atoms with Crippen molar-refractivity contribution in [3.05, 3.63) is 138 Å². The van der Waals surface area contributed by atoms with E-state index < -0.39 is 35.7 Å². The van der Waals surface area contributed by atoms with Gasteiger partial charge in [0.15, 0.2) is 0 Å². The number of hydrogen-bond acceptors (Lipinski definition) is 5. The van der Waals surface area contributed by atoms with Crippen molar-refractivity contribution in [2.75, 3.05) is 37.6 Å². The Morgan fingerprint density at radius 3 is 1.52 bits per heavy atom. The Bertz CT molecular complexity index is 1500. The van der Waals surface area contributed by atoms with Gasteiger partial charge in [-0.15, -0.1) is 0 Å². The van der Waals surface area contributed by atoms with E-state index in [2.05, 4.69) is 0 Å². The van der Waals surface area contributed by atoms with Crippen LogP contribution in [-0.2, 0) is 40.2 Å². The van der Waals surface area contributed by atoms with Crippen molar-refractivity contribution >= 4 is 5.69 Å². The van der Waals surface area contributed by atoms with Gasteiger partial charge >= 0.3 is 6.18 Å². The fourth-order valence-electron chi connectivity index (χ4n) is 6.69. The fourth-order valence-corrected chi connectivity index (χ4v) is 6.69. The second-order valence-corrected chi connectivity index (χ2v) is 12.8. The van der Waals surface area contributed by atoms with Crippen LogP contribution in [0.15, 0.2) is 115 Å². The van der Waals surface area contributed by atoms with Crippen molar-refractivity contribution < 1.29 is 31.8 Å². The molecule has 5 nitrogen and oxygen atoms in total. The van der Waals surface area contributed by atoms with Crippen molar-refractivity contribution in [1.29, 1.82) is 0 Å². The summed E-state index contributed by atoms with van der Waals surface area (Å²) in [5.41, 5.74) is 0.913. The molecule has 0 aliphatic carbocycles. The maximum atomic E-state index is 16.6. The highest BCUT2D eigenvalue weighted by Crippen LogP contribution is 2.39. The summed E-state index contributed by atoms with van der Waals surface area (Å²) in [4.78, 5) is 3.70. The number of alkyl halides is 4. The number of nitrogens with zero attached hydrogens (tertiary/aromatic N) is 2. The Morgan fingerprint density at radius 2 is 1.04 bits per heavy atom. The molecule has 0 bridgehead atoms. The molecule has 0 radical (unpaired) electrons. The largest absolute Gasteiger partial charge is 0.418 e. The maximum Gasteiger partial charge on any atom is 0.418 e. The molecule has 254 valence electrons. The molecule has 4 aromatic carbocycles. The minimum atomic E-state index is -4.47. The molecule has 2 unspecified atom stereocenters. The average Bonchev–Trinajstić information content (AvgIpc) is 3.10. The van der Waals surface area contributed by atoms with Crippen LogP contribution in [0.3, 0.4) is 0 Å². The lowest BCUT2D eigenvalue weighted by Crippen LogP contribution is -2.60. The SMILES string of the molecule is FC1(CN2CC(OCc3ccccc3)C(OCc3ccccc3)C(OCc3ccccc3)C2)CCN(c2ccccc2C(F)(F)F)CC1. The first-order chi connectivity index (χ1) is 23.3. The van der Waals surface area contributed by atoms with Crippen molar-refractivity contribution in [3.63, 3.8) is 0 Å². The highest BCUT2D eigenvalue weighted by atomic mass is 19.4. The van der Waals surface area contributed by atoms with Crippen LogP contribution >= 0.6 is 0 Å². The molecule has 0 N–H and O–H groups in total. The number of halogens is 4. The number of rotatable bonds is 12. The first-order valence-electron chi connectivity index (χ1n) is 16.5. The third kappa shape index (κ3) is 9.02. The minimum Gasteiger partial charge on any atom is -0.371 e. The van der Waals surface area contributed by atoms with E-state index in [1.54, 1.807) is 11.0 Å². The Labute approximate surface area is 280 Å². The quantitative estimate of drug-likeness (QED) is 0.143. The van der Waals surface area contributed by atoms with Gasteiger partial charge in [-0.05, 0) is 28.8 Å². The molecule has 2 saturated heterocycles. The number of likely N-dealkylation sites (tertiary alicyclic amines) is 1. The van der Waals surface area contributed by atoms with Crippen LogP contribution in [0.1, 0.15) is 35.1 Å². The standard InChI is InChI=1S/C39H42F4N2O3/c40-38(20-22-45(23-21-38)34-19-11-10-18-33(34)39(41,42)43)29-44-24-35(46-26-30-12-4-1-5-13-30)37(48-28-32-16-8-3-9-17-32)36(25-44)47-27-31-14-6-2-7-15-31/h1-19,35-37H,20-29H2. The van der Waals surface area contributed by atoms with E-state index in [9.17, 15) is 13.2 Å². The molecule has 2 fully saturated rings. The molecule has 6 rings (SSSR count). The summed E-state index contributed by atoms with van der Waals surface area (Å²) >= 11 is 0. The minimum absolute atomic E-state index is 0.104. The van der Waals surface area contributed by atoms with Gasteiger partial charge in [0.1, 0.15) is 11.8 Å². The number of piperidine rings is 2. The third-order valence-electron chi connectivity index (χ3n) is 9.22. The molecule has 4 aromatic rings. The molecule has 0 aromatic heterocycles. The molecule has 2 heterocycles. The predicted octanol–water partition coefficient (Wildman–Crippen LogP) is 8.09. The zero-order valence-electron chi connectivity index (χ0n) is 26.9. The van der Waals surface area contributed by atoms with Gasteiger partial charge in [-0.1, -0.05) is 103 Å². The van der Waals surface area contributed by atoms with E-state index in [-0.39, 0.29) is 38.2 Å². The second kappa shape index (κ2) is 15.6. The molecular weight excluding hydrogens is 620 g/mol. The predicted molar refractivity (Wildman–Crippen MR) is 178 cm³/mol. The van der Waals surface area contributed by atoms with Crippen molar-refractivity contribution in [1.82, 2.24) is 4.90 Å². The zero-order chi connectivity index (χ0) is 33.4. The smallest absolute Gasteiger partial charge is 0.371 e. The van der Waals surface area contributed by atoms with Gasteiger partial charge in [0.25, 0.3) is 0 Å². The lowest BCUT2D eigenvalue weighted by molar-refractivity contribution is -0.188. The van der Waals surface area contributed by atoms with E-state index in [1.165, 1.54) is 12.1 Å². The number of anilines is 1. The van der Waals surface area contributed by atoms with Gasteiger partial charge in [0, 0.05) is 51.3 Å². The van der Waals surface area contributed by atoms with Crippen LogP contribution < -0.4 is 4.90 Å². The lowest BCUT2D eigenvalue weighted by atomic mass is 9.90. The molecule has 2 aliphatic heterocycles. The molecule has 9 heteroatoms. The number of para-hydroxylation sites is 1. The Morgan fingerprint density at radius 1 is 0.604 bits per heavy atom. The van der Waals surface area contributed by atoms with Crippen LogP contribution in [0.2, 0.25) is 0 Å². The third-order valence-corrected chi connectivity index (χ3v) is 9.22. The first-order valence-corrected chi connectivity index (χ1v) is 16.5. The highest BCUT2D eigenvalue weighted by molar-refractivity contribution is 5.55. The van der Waals surface area contributed by atoms with Crippen LogP contribution in [0.5, 0.6) is 0 Å². The fraction of sp³-hybridized carbons (Fsp3) is 0.385. The summed E-state index contributed by atoms with van der Waals surface area (Å²) in [6, 6.07) is 35.3. The molecule has 0 spiro atoms. The molecule has 0 saturated carbocycles. The van der Waals surface area contributed by atoms with E-state index in [1.807, 2.05) is 95.9 Å². The Balaban J connectivity index is 1.19. The summed E-state index contributed by atoms with van der Waals surface area (Å²) in [6.07, 6.45) is -5.47. The summed E-state index contributed by atoms with van der Waals surface area (Å²) in [7, 11) is 0. The van der Waals surface area contributed by atoms with Crippen molar-refractivity contribution in [2.24, 2.45) is 0 Å². The summed E-state index contributed by atoms with van der Waals surface area (Å²) < 4.78 is 77.4. The monoisotopic (exact) mass is 662 g/mol. The van der Waals surface area contributed by atoms with E-state index >= 15 is 4.39 Å². The molecule has 2 atom stereocenters. The Hall–Kier alpha value is -3.76. The van der Waals surface area contributed by atoms with Crippen LogP contribution in [0.25, 0.3) is 0 Å². The van der Waals surface area contributed by atoms with E-state index in [4.69, 9.17) is 14.2 Å². The van der Waals surface area contributed by atoms with Crippen molar-refractivity contribution in [2.45, 2.75) is 62.8 Å². The lowest BCUT2D eigenvalue weighted by Gasteiger charge is -2.46. The summed E-state index contributed by atoms with van der Waals surface area (Å²) in [6.45, 7) is 2.50. The molecule has 48 heavy (non-hydrogen) atoms. The maximum absolute atomic E-state index is 16.6. The topological polar surface area (TPSA) is 34.2 Å². The molecule has 2 aliphatic rings. The molecular formula is C39H42F4N2O3. The summed E-state index contributed by atoms with van der Waals surface area (Å²) in [5, 5.41) is 0. The normalized spacial score (nSPS) is 21.7. The highest BCUT2D eigenvalue weighted by Gasteiger charge is 2.44. The Kier molecular flexibility index (Phi) is 11.1. The second-order valence-electron chi connectivity index (χ2n) is 12.8. The van der Waals surface area contributed by atoms with E-state index in [0.717, 1.165) is 22.8 Å². The summed E-state index contributed by atoms with van der Waals surface area (Å²) in [5.74, 6) is 0. The number of benzene rings is 4. The van der Waals surface area contributed by atoms with Crippen molar-refractivity contribution in [3.8, 4) is 0 Å². The van der Waals surface area contributed by atoms with Gasteiger partial charge in [-0.25, -0.2) is 4.39 Å². The molecule has 0 amide bonds.